The zero-order valence-electron chi connectivity index (χ0n) is 6.52. The van der Waals surface area contributed by atoms with Crippen molar-refractivity contribution in [2.75, 3.05) is 4.72 Å². The van der Waals surface area contributed by atoms with E-state index in [0.717, 1.165) is 0 Å². The summed E-state index contributed by atoms with van der Waals surface area (Å²) in [5.74, 6) is -0.597. The predicted molar refractivity (Wildman–Crippen MR) is 47.5 cm³/mol. The smallest absolute Gasteiger partial charge is 0.248 e. The van der Waals surface area contributed by atoms with Crippen molar-refractivity contribution < 1.29 is 13.6 Å². The van der Waals surface area contributed by atoms with Gasteiger partial charge in [0.1, 0.15) is 0 Å². The van der Waals surface area contributed by atoms with Crippen LogP contribution in [0.3, 0.4) is 0 Å². The second-order valence-electron chi connectivity index (χ2n) is 2.28. The van der Waals surface area contributed by atoms with Crippen LogP contribution in [0.25, 0.3) is 0 Å². The van der Waals surface area contributed by atoms with Gasteiger partial charge in [0.05, 0.1) is 0 Å². The molecular formula is C7H7N2O3S-. The Morgan fingerprint density at radius 2 is 2.23 bits per heavy atom. The number of hydrogen-bond donors (Lipinski definition) is 2. The molecule has 0 aromatic heterocycles. The molecule has 0 aliphatic carbocycles. The topological polar surface area (TPSA) is 95.2 Å². The Labute approximate surface area is 77.4 Å². The summed E-state index contributed by atoms with van der Waals surface area (Å²) < 4.78 is 22.6. The third-order valence-electron chi connectivity index (χ3n) is 1.35. The number of rotatable bonds is 3. The van der Waals surface area contributed by atoms with Crippen molar-refractivity contribution in [2.24, 2.45) is 5.73 Å². The van der Waals surface area contributed by atoms with Crippen LogP contribution in [0.1, 0.15) is 10.4 Å². The second-order valence-corrected chi connectivity index (χ2v) is 2.96. The van der Waals surface area contributed by atoms with E-state index >= 15 is 0 Å². The van der Waals surface area contributed by atoms with Crippen LogP contribution >= 0.6 is 0 Å². The van der Waals surface area contributed by atoms with Gasteiger partial charge in [0.15, 0.2) is 0 Å². The number of benzene rings is 1. The Kier molecular flexibility index (Phi) is 2.99. The Hall–Kier alpha value is -1.40. The van der Waals surface area contributed by atoms with Crippen molar-refractivity contribution in [3.63, 3.8) is 0 Å². The predicted octanol–water partition coefficient (Wildman–Crippen LogP) is -0.00850. The maximum Gasteiger partial charge on any atom is 0.248 e. The minimum Gasteiger partial charge on any atom is -0.755 e. The first-order valence-corrected chi connectivity index (χ1v) is 4.43. The van der Waals surface area contributed by atoms with E-state index in [1.807, 2.05) is 0 Å². The van der Waals surface area contributed by atoms with Crippen molar-refractivity contribution in [1.29, 1.82) is 0 Å². The molecule has 13 heavy (non-hydrogen) atoms. The Morgan fingerprint density at radius 1 is 1.54 bits per heavy atom. The summed E-state index contributed by atoms with van der Waals surface area (Å²) in [6.07, 6.45) is 0. The fraction of sp³-hybridized carbons (Fsp3) is 0. The Balaban J connectivity index is 2.91. The van der Waals surface area contributed by atoms with E-state index < -0.39 is 17.2 Å². The van der Waals surface area contributed by atoms with Crippen molar-refractivity contribution in [2.45, 2.75) is 0 Å². The van der Waals surface area contributed by atoms with Gasteiger partial charge in [-0.15, -0.1) is 0 Å². The molecule has 0 saturated heterocycles. The maximum atomic E-state index is 10.7. The first-order chi connectivity index (χ1) is 6.09. The lowest BCUT2D eigenvalue weighted by molar-refractivity contribution is 0.100. The molecular weight excluding hydrogens is 192 g/mol. The fourth-order valence-electron chi connectivity index (χ4n) is 0.832. The molecule has 1 aromatic carbocycles. The molecule has 0 saturated carbocycles. The molecule has 1 rings (SSSR count). The van der Waals surface area contributed by atoms with Gasteiger partial charge >= 0.3 is 0 Å². The van der Waals surface area contributed by atoms with Gasteiger partial charge in [0.2, 0.25) is 5.91 Å². The van der Waals surface area contributed by atoms with Gasteiger partial charge in [-0.2, -0.15) is 0 Å². The standard InChI is InChI=1S/C7H8N2O3S/c8-7(10)5-2-1-3-6(4-5)9-13(11)12/h1-4,9H,(H2,8,10)(H,11,12)/p-1. The number of primary amides is 1. The molecule has 6 heteroatoms. The molecule has 0 aliphatic rings. The molecule has 0 fully saturated rings. The minimum absolute atomic E-state index is 0.260. The summed E-state index contributed by atoms with van der Waals surface area (Å²) in [5.41, 5.74) is 5.56. The molecule has 1 amide bonds. The average Bonchev–Trinajstić information content (AvgIpc) is 2.03. The van der Waals surface area contributed by atoms with Crippen LogP contribution in [0.5, 0.6) is 0 Å². The first kappa shape index (κ1) is 9.69. The highest BCUT2D eigenvalue weighted by Gasteiger charge is 1.99. The Bertz CT molecular complexity index is 353. The number of amides is 1. The second kappa shape index (κ2) is 4.01. The van der Waals surface area contributed by atoms with Crippen molar-refractivity contribution in [3.8, 4) is 0 Å². The lowest BCUT2D eigenvalue weighted by Crippen LogP contribution is -2.11. The van der Waals surface area contributed by atoms with E-state index in [0.29, 0.717) is 5.69 Å². The molecule has 0 spiro atoms. The van der Waals surface area contributed by atoms with Crippen LogP contribution in [0.2, 0.25) is 0 Å². The van der Waals surface area contributed by atoms with Crippen LogP contribution in [0.4, 0.5) is 5.69 Å². The highest BCUT2D eigenvalue weighted by molar-refractivity contribution is 7.80. The van der Waals surface area contributed by atoms with Gasteiger partial charge in [0.25, 0.3) is 0 Å². The van der Waals surface area contributed by atoms with Crippen molar-refractivity contribution in [1.82, 2.24) is 0 Å². The third kappa shape index (κ3) is 2.85. The number of anilines is 1. The molecule has 1 aromatic rings. The summed E-state index contributed by atoms with van der Waals surface area (Å²) in [6, 6.07) is 5.91. The fourth-order valence-corrected chi connectivity index (χ4v) is 1.15. The van der Waals surface area contributed by atoms with Crippen molar-refractivity contribution in [3.05, 3.63) is 29.8 Å². The van der Waals surface area contributed by atoms with Gasteiger partial charge in [-0.05, 0) is 18.2 Å². The van der Waals surface area contributed by atoms with E-state index in [-0.39, 0.29) is 5.56 Å². The van der Waals surface area contributed by atoms with E-state index in [4.69, 9.17) is 5.73 Å². The zero-order valence-corrected chi connectivity index (χ0v) is 7.34. The SMILES string of the molecule is NC(=O)c1cccc(NS(=O)[O-])c1. The van der Waals surface area contributed by atoms with Crippen LogP contribution in [0, 0.1) is 0 Å². The number of hydrogen-bond acceptors (Lipinski definition) is 3. The van der Waals surface area contributed by atoms with Gasteiger partial charge in [0, 0.05) is 22.5 Å². The molecule has 0 aliphatic heterocycles. The van der Waals surface area contributed by atoms with Crippen LogP contribution in [-0.2, 0) is 11.3 Å². The summed E-state index contributed by atoms with van der Waals surface area (Å²) in [4.78, 5) is 10.7. The third-order valence-corrected chi connectivity index (χ3v) is 1.75. The normalized spacial score (nSPS) is 12.1. The zero-order chi connectivity index (χ0) is 9.84. The van der Waals surface area contributed by atoms with E-state index in [2.05, 4.69) is 4.72 Å². The van der Waals surface area contributed by atoms with Gasteiger partial charge < -0.3 is 15.0 Å². The maximum absolute atomic E-state index is 10.7. The van der Waals surface area contributed by atoms with Crippen LogP contribution in [0.15, 0.2) is 24.3 Å². The molecule has 0 heterocycles. The van der Waals surface area contributed by atoms with Gasteiger partial charge in [-0.25, -0.2) is 0 Å². The highest BCUT2D eigenvalue weighted by Crippen LogP contribution is 2.09. The number of nitrogens with one attached hydrogen (secondary N) is 1. The Morgan fingerprint density at radius 3 is 2.77 bits per heavy atom. The van der Waals surface area contributed by atoms with E-state index in [1.54, 1.807) is 0 Å². The summed E-state index contributed by atoms with van der Waals surface area (Å²) >= 11 is -2.39. The number of nitrogens with two attached hydrogens (primary N) is 1. The molecule has 5 nitrogen and oxygen atoms in total. The van der Waals surface area contributed by atoms with Gasteiger partial charge in [-0.1, -0.05) is 6.07 Å². The largest absolute Gasteiger partial charge is 0.755 e. The van der Waals surface area contributed by atoms with Crippen LogP contribution < -0.4 is 10.5 Å². The molecule has 1 atom stereocenters. The molecule has 0 radical (unpaired) electrons. The highest BCUT2D eigenvalue weighted by atomic mass is 32.2. The molecule has 3 N–H and O–H groups in total. The van der Waals surface area contributed by atoms with Crippen molar-refractivity contribution >= 4 is 22.9 Å². The number of carbonyl (C=O) groups is 1. The summed E-state index contributed by atoms with van der Waals surface area (Å²) in [7, 11) is 0. The molecule has 70 valence electrons. The van der Waals surface area contributed by atoms with E-state index in [9.17, 15) is 13.6 Å². The molecule has 0 bridgehead atoms. The average molecular weight is 199 g/mol. The first-order valence-electron chi connectivity index (χ1n) is 3.35. The monoisotopic (exact) mass is 199 g/mol. The summed E-state index contributed by atoms with van der Waals surface area (Å²) in [5, 5.41) is 0. The van der Waals surface area contributed by atoms with Gasteiger partial charge in [-0.3, -0.25) is 9.00 Å². The lowest BCUT2D eigenvalue weighted by atomic mass is 10.2. The van der Waals surface area contributed by atoms with E-state index in [1.165, 1.54) is 24.3 Å². The quantitative estimate of drug-likeness (QED) is 0.670. The van der Waals surface area contributed by atoms with Crippen LogP contribution in [-0.4, -0.2) is 14.7 Å². The molecule has 1 unspecified atom stereocenters. The lowest BCUT2D eigenvalue weighted by Gasteiger charge is -2.08. The minimum atomic E-state index is -2.39. The summed E-state index contributed by atoms with van der Waals surface area (Å²) in [6.45, 7) is 0. The number of carbonyl (C=O) groups excluding carboxylic acids is 1.